The normalized spacial score (nSPS) is 14.3. The van der Waals surface area contributed by atoms with Gasteiger partial charge in [-0.2, -0.15) is 0 Å². The molecule has 1 aromatic carbocycles. The number of ketones is 1. The van der Waals surface area contributed by atoms with Crippen molar-refractivity contribution in [2.45, 2.75) is 44.9 Å². The van der Waals surface area contributed by atoms with Crippen LogP contribution in [0.4, 0.5) is 0 Å². The van der Waals surface area contributed by atoms with Crippen molar-refractivity contribution in [3.63, 3.8) is 0 Å². The number of benzene rings is 1. The molecular formula is C18H22ClNO2. The van der Waals surface area contributed by atoms with Gasteiger partial charge in [0.2, 0.25) is 5.91 Å². The van der Waals surface area contributed by atoms with Crippen LogP contribution in [0.25, 0.3) is 0 Å². The number of amides is 1. The maximum atomic E-state index is 12.0. The topological polar surface area (TPSA) is 46.2 Å². The number of hydrogen-bond acceptors (Lipinski definition) is 2. The van der Waals surface area contributed by atoms with Crippen LogP contribution < -0.4 is 5.32 Å². The van der Waals surface area contributed by atoms with E-state index in [0.717, 1.165) is 19.3 Å². The molecule has 0 heterocycles. The zero-order valence-corrected chi connectivity index (χ0v) is 13.5. The highest BCUT2D eigenvalue weighted by Crippen LogP contribution is 2.19. The van der Waals surface area contributed by atoms with Crippen LogP contribution >= 0.6 is 11.6 Å². The Hall–Kier alpha value is -1.61. The van der Waals surface area contributed by atoms with Gasteiger partial charge in [0.25, 0.3) is 0 Å². The first-order valence-electron chi connectivity index (χ1n) is 7.89. The van der Waals surface area contributed by atoms with E-state index in [1.165, 1.54) is 18.4 Å². The minimum atomic E-state index is -0.0873. The second-order valence-electron chi connectivity index (χ2n) is 5.61. The molecule has 1 aliphatic rings. The van der Waals surface area contributed by atoms with Crippen molar-refractivity contribution in [3.8, 4) is 0 Å². The van der Waals surface area contributed by atoms with E-state index in [2.05, 4.69) is 11.4 Å². The second-order valence-corrected chi connectivity index (χ2v) is 6.02. The largest absolute Gasteiger partial charge is 0.356 e. The van der Waals surface area contributed by atoms with Crippen LogP contribution in [-0.2, 0) is 4.79 Å². The number of allylic oxidation sites excluding steroid dienone is 1. The van der Waals surface area contributed by atoms with E-state index in [1.54, 1.807) is 24.3 Å². The molecule has 1 amide bonds. The predicted molar refractivity (Wildman–Crippen MR) is 89.2 cm³/mol. The van der Waals surface area contributed by atoms with Gasteiger partial charge >= 0.3 is 0 Å². The first kappa shape index (κ1) is 16.8. The lowest BCUT2D eigenvalue weighted by Crippen LogP contribution is -2.25. The van der Waals surface area contributed by atoms with E-state index in [1.807, 2.05) is 0 Å². The smallest absolute Gasteiger partial charge is 0.220 e. The van der Waals surface area contributed by atoms with Gasteiger partial charge in [0.1, 0.15) is 0 Å². The van der Waals surface area contributed by atoms with Crippen LogP contribution in [0.3, 0.4) is 0 Å². The molecule has 0 aliphatic heterocycles. The predicted octanol–water partition coefficient (Wildman–Crippen LogP) is 4.31. The number of Topliss-reactive ketones (excluding diaryl/α,β-unsaturated/α-hetero) is 1. The van der Waals surface area contributed by atoms with Gasteiger partial charge in [-0.25, -0.2) is 0 Å². The Morgan fingerprint density at radius 1 is 1.14 bits per heavy atom. The summed E-state index contributed by atoms with van der Waals surface area (Å²) >= 11 is 5.98. The minimum Gasteiger partial charge on any atom is -0.356 e. The standard InChI is InChI=1S/C18H22ClNO2/c19-16-9-5-4-8-15(16)17(21)10-11-18(22)20-13-12-14-6-2-1-3-7-14/h4-6,8-9H,1-3,7,10-13H2,(H,20,22). The number of hydrogen-bond donors (Lipinski definition) is 1. The van der Waals surface area contributed by atoms with Crippen molar-refractivity contribution in [1.82, 2.24) is 5.32 Å². The fourth-order valence-corrected chi connectivity index (χ4v) is 2.87. The Labute approximate surface area is 136 Å². The molecule has 118 valence electrons. The molecule has 1 N–H and O–H groups in total. The van der Waals surface area contributed by atoms with Crippen LogP contribution in [0.2, 0.25) is 5.02 Å². The van der Waals surface area contributed by atoms with Gasteiger partial charge in [0.05, 0.1) is 5.02 Å². The van der Waals surface area contributed by atoms with E-state index in [-0.39, 0.29) is 24.5 Å². The molecule has 22 heavy (non-hydrogen) atoms. The van der Waals surface area contributed by atoms with E-state index in [0.29, 0.717) is 17.1 Å². The van der Waals surface area contributed by atoms with Gasteiger partial charge < -0.3 is 5.32 Å². The first-order chi connectivity index (χ1) is 10.7. The molecule has 0 radical (unpaired) electrons. The number of rotatable bonds is 7. The fourth-order valence-electron chi connectivity index (χ4n) is 2.63. The number of nitrogens with one attached hydrogen (secondary N) is 1. The van der Waals surface area contributed by atoms with Gasteiger partial charge in [-0.1, -0.05) is 35.4 Å². The minimum absolute atomic E-state index is 0.0724. The molecule has 4 heteroatoms. The van der Waals surface area contributed by atoms with Crippen molar-refractivity contribution in [3.05, 3.63) is 46.5 Å². The molecule has 1 aromatic rings. The number of carbonyl (C=O) groups is 2. The molecule has 0 bridgehead atoms. The lowest BCUT2D eigenvalue weighted by Gasteiger charge is -2.12. The summed E-state index contributed by atoms with van der Waals surface area (Å²) < 4.78 is 0. The second kappa shape index (κ2) is 8.74. The average Bonchev–Trinajstić information content (AvgIpc) is 2.54. The number of halogens is 1. The lowest BCUT2D eigenvalue weighted by molar-refractivity contribution is -0.121. The average molecular weight is 320 g/mol. The number of carbonyl (C=O) groups excluding carboxylic acids is 2. The fraction of sp³-hybridized carbons (Fsp3) is 0.444. The van der Waals surface area contributed by atoms with Gasteiger partial charge in [0.15, 0.2) is 5.78 Å². The Kier molecular flexibility index (Phi) is 6.66. The van der Waals surface area contributed by atoms with Crippen molar-refractivity contribution in [2.75, 3.05) is 6.54 Å². The molecule has 0 unspecified atom stereocenters. The molecule has 0 fully saturated rings. The molecular weight excluding hydrogens is 298 g/mol. The van der Waals surface area contributed by atoms with E-state index in [4.69, 9.17) is 11.6 Å². The summed E-state index contributed by atoms with van der Waals surface area (Å²) in [5, 5.41) is 3.33. The molecule has 0 saturated carbocycles. The summed E-state index contributed by atoms with van der Waals surface area (Å²) in [5.74, 6) is -0.160. The third-order valence-corrected chi connectivity index (χ3v) is 4.24. The van der Waals surface area contributed by atoms with Crippen LogP contribution in [0, 0.1) is 0 Å². The first-order valence-corrected chi connectivity index (χ1v) is 8.27. The third-order valence-electron chi connectivity index (χ3n) is 3.91. The highest BCUT2D eigenvalue weighted by Gasteiger charge is 2.12. The highest BCUT2D eigenvalue weighted by atomic mass is 35.5. The Bertz CT molecular complexity index is 566. The van der Waals surface area contributed by atoms with Crippen molar-refractivity contribution >= 4 is 23.3 Å². The van der Waals surface area contributed by atoms with E-state index in [9.17, 15) is 9.59 Å². The lowest BCUT2D eigenvalue weighted by atomic mass is 9.97. The molecule has 0 atom stereocenters. The van der Waals surface area contributed by atoms with Crippen molar-refractivity contribution in [2.24, 2.45) is 0 Å². The molecule has 0 spiro atoms. The zero-order chi connectivity index (χ0) is 15.8. The van der Waals surface area contributed by atoms with Gasteiger partial charge in [-0.15, -0.1) is 0 Å². The Morgan fingerprint density at radius 3 is 2.68 bits per heavy atom. The Balaban J connectivity index is 1.68. The monoisotopic (exact) mass is 319 g/mol. The summed E-state index contributed by atoms with van der Waals surface area (Å²) in [6.07, 6.45) is 8.46. The maximum absolute atomic E-state index is 12.0. The molecule has 1 aliphatic carbocycles. The molecule has 2 rings (SSSR count). The zero-order valence-electron chi connectivity index (χ0n) is 12.7. The quantitative estimate of drug-likeness (QED) is 0.601. The van der Waals surface area contributed by atoms with Gasteiger partial charge in [-0.05, 0) is 44.2 Å². The van der Waals surface area contributed by atoms with Gasteiger partial charge in [0, 0.05) is 24.9 Å². The van der Waals surface area contributed by atoms with Crippen LogP contribution in [-0.4, -0.2) is 18.2 Å². The molecule has 0 saturated heterocycles. The van der Waals surface area contributed by atoms with E-state index >= 15 is 0 Å². The van der Waals surface area contributed by atoms with Crippen molar-refractivity contribution in [1.29, 1.82) is 0 Å². The van der Waals surface area contributed by atoms with E-state index < -0.39 is 0 Å². The summed E-state index contributed by atoms with van der Waals surface area (Å²) in [7, 11) is 0. The van der Waals surface area contributed by atoms with Crippen LogP contribution in [0.5, 0.6) is 0 Å². The summed E-state index contributed by atoms with van der Waals surface area (Å²) in [6.45, 7) is 0.658. The summed E-state index contributed by atoms with van der Waals surface area (Å²) in [6, 6.07) is 6.94. The Morgan fingerprint density at radius 2 is 1.95 bits per heavy atom. The van der Waals surface area contributed by atoms with Crippen LogP contribution in [0.1, 0.15) is 55.3 Å². The highest BCUT2D eigenvalue weighted by molar-refractivity contribution is 6.34. The summed E-state index contributed by atoms with van der Waals surface area (Å²) in [5.41, 5.74) is 1.93. The van der Waals surface area contributed by atoms with Crippen molar-refractivity contribution < 1.29 is 9.59 Å². The van der Waals surface area contributed by atoms with Gasteiger partial charge in [-0.3, -0.25) is 9.59 Å². The van der Waals surface area contributed by atoms with Crippen LogP contribution in [0.15, 0.2) is 35.9 Å². The maximum Gasteiger partial charge on any atom is 0.220 e. The molecule has 3 nitrogen and oxygen atoms in total. The SMILES string of the molecule is O=C(CCC(=O)c1ccccc1Cl)NCCC1=CCCCC1. The molecule has 0 aromatic heterocycles. The summed E-state index contributed by atoms with van der Waals surface area (Å²) in [4.78, 5) is 23.8. The third kappa shape index (κ3) is 5.30.